The lowest BCUT2D eigenvalue weighted by molar-refractivity contribution is 0.120. The van der Waals surface area contributed by atoms with E-state index in [1.807, 2.05) is 48.5 Å². The normalized spacial score (nSPS) is 15.3. The van der Waals surface area contributed by atoms with E-state index < -0.39 is 0 Å². The van der Waals surface area contributed by atoms with Crippen molar-refractivity contribution in [1.82, 2.24) is 39.8 Å². The van der Waals surface area contributed by atoms with Gasteiger partial charge in [-0.3, -0.25) is 9.80 Å². The van der Waals surface area contributed by atoms with Crippen molar-refractivity contribution >= 4 is 22.1 Å². The van der Waals surface area contributed by atoms with E-state index in [1.165, 1.54) is 0 Å². The van der Waals surface area contributed by atoms with Crippen LogP contribution in [0.3, 0.4) is 0 Å². The first kappa shape index (κ1) is 39.4. The Morgan fingerprint density at radius 1 is 0.482 bits per heavy atom. The van der Waals surface area contributed by atoms with Crippen molar-refractivity contribution in [1.29, 1.82) is 0 Å². The molecular formula is C46H60N8O2. The predicted octanol–water partition coefficient (Wildman–Crippen LogP) is 9.31. The molecule has 296 valence electrons. The number of phenols is 2. The van der Waals surface area contributed by atoms with Crippen LogP contribution >= 0.6 is 0 Å². The molecule has 2 aromatic heterocycles. The fraction of sp³-hybridized carbons (Fsp3) is 0.478. The first-order valence-corrected chi connectivity index (χ1v) is 20.1. The van der Waals surface area contributed by atoms with E-state index in [-0.39, 0.29) is 33.2 Å². The molecule has 4 aromatic carbocycles. The second kappa shape index (κ2) is 14.6. The van der Waals surface area contributed by atoms with Crippen LogP contribution in [0.5, 0.6) is 11.5 Å². The molecule has 0 atom stereocenters. The summed E-state index contributed by atoms with van der Waals surface area (Å²) in [5.41, 5.74) is 8.42. The van der Waals surface area contributed by atoms with Crippen molar-refractivity contribution in [3.05, 3.63) is 95.1 Å². The number of aromatic hydroxyl groups is 2. The van der Waals surface area contributed by atoms with Crippen molar-refractivity contribution in [2.45, 2.75) is 106 Å². The molecule has 6 aromatic rings. The Hall–Kier alpha value is -4.80. The highest BCUT2D eigenvalue weighted by atomic mass is 16.3. The van der Waals surface area contributed by atoms with Gasteiger partial charge in [-0.05, 0) is 82.0 Å². The Bertz CT molecular complexity index is 2120. The van der Waals surface area contributed by atoms with E-state index in [4.69, 9.17) is 20.4 Å². The van der Waals surface area contributed by atoms with Crippen LogP contribution in [0.1, 0.15) is 104 Å². The fourth-order valence-corrected chi connectivity index (χ4v) is 9.06. The summed E-state index contributed by atoms with van der Waals surface area (Å²) in [7, 11) is 0. The lowest BCUT2D eigenvalue weighted by Crippen LogP contribution is -2.45. The van der Waals surface area contributed by atoms with Crippen LogP contribution in [0.25, 0.3) is 33.4 Å². The van der Waals surface area contributed by atoms with Gasteiger partial charge in [-0.25, -0.2) is 0 Å². The topological polar surface area (TPSA) is 108 Å². The number of benzene rings is 4. The molecule has 0 radical (unpaired) electrons. The van der Waals surface area contributed by atoms with Gasteiger partial charge in [-0.1, -0.05) is 106 Å². The number of hydrogen-bond acceptors (Lipinski definition) is 8. The van der Waals surface area contributed by atoms with Crippen LogP contribution in [0.15, 0.2) is 72.8 Å². The maximum absolute atomic E-state index is 11.8. The fourth-order valence-electron chi connectivity index (χ4n) is 9.06. The zero-order chi connectivity index (χ0) is 40.2. The quantitative estimate of drug-likeness (QED) is 0.142. The minimum atomic E-state index is -0.143. The molecule has 0 unspecified atom stereocenters. The van der Waals surface area contributed by atoms with E-state index >= 15 is 0 Å². The Kier molecular flexibility index (Phi) is 10.3. The van der Waals surface area contributed by atoms with Gasteiger partial charge in [0.05, 0.1) is 0 Å². The smallest absolute Gasteiger partial charge is 0.147 e. The molecular weight excluding hydrogens is 697 g/mol. The van der Waals surface area contributed by atoms with Crippen LogP contribution in [0, 0.1) is 10.8 Å². The Morgan fingerprint density at radius 3 is 1.07 bits per heavy atom. The van der Waals surface area contributed by atoms with E-state index in [1.54, 1.807) is 9.59 Å². The third-order valence-electron chi connectivity index (χ3n) is 11.1. The standard InChI is InChI=1S/C46H60N8O2/c1-43(2,3)29-45(7,8)33-23-31(41(55)39(25-33)53-47-35-15-11-12-16-36(35)48-53)27-51-19-21-52(22-20-51)28-32-24-34(46(9,10)30-44(4,5)6)26-40(42(32)56)54-49-37-17-13-14-18-38(37)50-54/h11-18,23-26,55-56H,19-22,27-30H2,1-10H3. The molecule has 0 spiro atoms. The Labute approximate surface area is 332 Å². The van der Waals surface area contributed by atoms with Gasteiger partial charge in [0.1, 0.15) is 44.9 Å². The Morgan fingerprint density at radius 2 is 0.786 bits per heavy atom. The predicted molar refractivity (Wildman–Crippen MR) is 226 cm³/mol. The molecule has 0 aliphatic carbocycles. The number of hydrogen-bond donors (Lipinski definition) is 2. The third-order valence-corrected chi connectivity index (χ3v) is 11.1. The summed E-state index contributed by atoms with van der Waals surface area (Å²) >= 11 is 0. The van der Waals surface area contributed by atoms with Crippen molar-refractivity contribution < 1.29 is 10.2 Å². The summed E-state index contributed by atoms with van der Waals surface area (Å²) < 4.78 is 0. The van der Waals surface area contributed by atoms with Gasteiger partial charge in [0, 0.05) is 50.4 Å². The summed E-state index contributed by atoms with van der Waals surface area (Å²) in [6.07, 6.45) is 1.96. The minimum absolute atomic E-state index is 0.122. The maximum Gasteiger partial charge on any atom is 0.147 e. The van der Waals surface area contributed by atoms with Gasteiger partial charge < -0.3 is 10.2 Å². The second-order valence-electron chi connectivity index (χ2n) is 19.8. The molecule has 10 nitrogen and oxygen atoms in total. The summed E-state index contributed by atoms with van der Waals surface area (Å²) in [6, 6.07) is 24.1. The minimum Gasteiger partial charge on any atom is -0.505 e. The number of rotatable bonds is 10. The molecule has 1 saturated heterocycles. The molecule has 10 heteroatoms. The van der Waals surface area contributed by atoms with Crippen molar-refractivity contribution in [2.24, 2.45) is 10.8 Å². The van der Waals surface area contributed by atoms with Gasteiger partial charge in [-0.2, -0.15) is 0 Å². The first-order chi connectivity index (χ1) is 26.2. The van der Waals surface area contributed by atoms with Gasteiger partial charge >= 0.3 is 0 Å². The van der Waals surface area contributed by atoms with E-state index in [2.05, 4.69) is 103 Å². The van der Waals surface area contributed by atoms with Crippen LogP contribution in [-0.2, 0) is 23.9 Å². The van der Waals surface area contributed by atoms with Crippen molar-refractivity contribution in [2.75, 3.05) is 26.2 Å². The summed E-state index contributed by atoms with van der Waals surface area (Å²) in [5.74, 6) is 0.435. The second-order valence-corrected chi connectivity index (χ2v) is 19.8. The van der Waals surface area contributed by atoms with Gasteiger partial charge in [0.2, 0.25) is 0 Å². The average Bonchev–Trinajstić information content (AvgIpc) is 3.73. The lowest BCUT2D eigenvalue weighted by atomic mass is 9.72. The maximum atomic E-state index is 11.8. The number of fused-ring (bicyclic) bond motifs is 2. The largest absolute Gasteiger partial charge is 0.505 e. The highest BCUT2D eigenvalue weighted by Gasteiger charge is 2.32. The zero-order valence-electron chi connectivity index (χ0n) is 35.1. The number of piperazine rings is 1. The van der Waals surface area contributed by atoms with Crippen LogP contribution in [-0.4, -0.2) is 76.2 Å². The zero-order valence-corrected chi connectivity index (χ0v) is 35.1. The molecule has 7 rings (SSSR count). The molecule has 2 N–H and O–H groups in total. The van der Waals surface area contributed by atoms with Gasteiger partial charge in [0.15, 0.2) is 0 Å². The molecule has 1 fully saturated rings. The van der Waals surface area contributed by atoms with E-state index in [0.717, 1.165) is 83.3 Å². The van der Waals surface area contributed by atoms with Gasteiger partial charge in [-0.15, -0.1) is 30.0 Å². The summed E-state index contributed by atoms with van der Waals surface area (Å²) in [6.45, 7) is 27.3. The van der Waals surface area contributed by atoms with Crippen molar-refractivity contribution in [3.8, 4) is 22.9 Å². The van der Waals surface area contributed by atoms with Gasteiger partial charge in [0.25, 0.3) is 0 Å². The molecule has 0 bridgehead atoms. The summed E-state index contributed by atoms with van der Waals surface area (Å²) in [4.78, 5) is 8.01. The number of phenolic OH excluding ortho intramolecular Hbond substituents is 2. The SMILES string of the molecule is CC(C)(C)CC(C)(C)c1cc(CN2CCN(Cc3cc(C(C)(C)CC(C)(C)C)cc(-n4nc5ccccc5n4)c3O)CC2)c(O)c(-n2nc3ccccc3n2)c1. The highest BCUT2D eigenvalue weighted by molar-refractivity contribution is 5.74. The Balaban J connectivity index is 1.15. The van der Waals surface area contributed by atoms with Crippen molar-refractivity contribution in [3.63, 3.8) is 0 Å². The first-order valence-electron chi connectivity index (χ1n) is 20.1. The molecule has 1 aliphatic heterocycles. The van der Waals surface area contributed by atoms with Crippen LogP contribution in [0.2, 0.25) is 0 Å². The average molecular weight is 757 g/mol. The monoisotopic (exact) mass is 756 g/mol. The molecule has 56 heavy (non-hydrogen) atoms. The molecule has 1 aliphatic rings. The highest BCUT2D eigenvalue weighted by Crippen LogP contribution is 2.42. The summed E-state index contributed by atoms with van der Waals surface area (Å²) in [5, 5.41) is 42.7. The number of nitrogens with zero attached hydrogens (tertiary/aromatic N) is 8. The van der Waals surface area contributed by atoms with E-state index in [9.17, 15) is 10.2 Å². The molecule has 0 amide bonds. The third kappa shape index (κ3) is 8.61. The van der Waals surface area contributed by atoms with Crippen LogP contribution in [0.4, 0.5) is 0 Å². The molecule has 3 heterocycles. The molecule has 0 saturated carbocycles. The van der Waals surface area contributed by atoms with Crippen LogP contribution < -0.4 is 0 Å². The lowest BCUT2D eigenvalue weighted by Gasteiger charge is -2.37. The van der Waals surface area contributed by atoms with E-state index in [0.29, 0.717) is 24.5 Å². The number of aromatic nitrogens is 6.